The Bertz CT molecular complexity index is 758. The average Bonchev–Trinajstić information content (AvgIpc) is 2.55. The van der Waals surface area contributed by atoms with Crippen molar-refractivity contribution in [2.45, 2.75) is 39.0 Å². The number of rotatable bonds is 4. The number of nitrogens with zero attached hydrogens (tertiary/aromatic N) is 3. The number of piperazine rings is 1. The fourth-order valence-corrected chi connectivity index (χ4v) is 3.46. The number of nitrogens with one attached hydrogen (secondary N) is 1. The molecule has 0 unspecified atom stereocenters. The fraction of sp³-hybridized carbons (Fsp3) is 0.556. The van der Waals surface area contributed by atoms with Crippen LogP contribution in [0.3, 0.4) is 0 Å². The number of fused-ring (bicyclic) bond motifs is 1. The number of aromatic nitrogens is 2. The minimum absolute atomic E-state index is 0.0541. The van der Waals surface area contributed by atoms with Crippen LogP contribution < -0.4 is 5.56 Å². The molecule has 24 heavy (non-hydrogen) atoms. The van der Waals surface area contributed by atoms with Crippen LogP contribution in [0.4, 0.5) is 0 Å². The van der Waals surface area contributed by atoms with Crippen molar-refractivity contribution in [1.29, 1.82) is 0 Å². The first-order chi connectivity index (χ1) is 11.5. The number of benzene rings is 1. The highest BCUT2D eigenvalue weighted by atomic mass is 16.3. The second-order valence-electron chi connectivity index (χ2n) is 6.83. The molecule has 2 aromatic rings. The van der Waals surface area contributed by atoms with Crippen molar-refractivity contribution in [2.75, 3.05) is 26.2 Å². The first-order valence-corrected chi connectivity index (χ1v) is 8.61. The Morgan fingerprint density at radius 1 is 1.33 bits per heavy atom. The molecule has 3 atom stereocenters. The lowest BCUT2D eigenvalue weighted by atomic mass is 10.1. The summed E-state index contributed by atoms with van der Waals surface area (Å²) in [7, 11) is 0. The maximum Gasteiger partial charge on any atom is 0.258 e. The van der Waals surface area contributed by atoms with Gasteiger partial charge >= 0.3 is 0 Å². The normalized spacial score (nSPS) is 22.6. The molecule has 0 bridgehead atoms. The molecular weight excluding hydrogens is 304 g/mol. The number of H-pyrrole nitrogens is 1. The van der Waals surface area contributed by atoms with Crippen LogP contribution in [0.5, 0.6) is 0 Å². The molecule has 1 saturated heterocycles. The van der Waals surface area contributed by atoms with E-state index in [1.165, 1.54) is 0 Å². The molecule has 2 N–H and O–H groups in total. The predicted molar refractivity (Wildman–Crippen MR) is 95.1 cm³/mol. The summed E-state index contributed by atoms with van der Waals surface area (Å²) in [6.45, 7) is 9.50. The second-order valence-corrected chi connectivity index (χ2v) is 6.83. The molecule has 0 aliphatic carbocycles. The van der Waals surface area contributed by atoms with E-state index in [-0.39, 0.29) is 17.7 Å². The van der Waals surface area contributed by atoms with Crippen LogP contribution in [0.2, 0.25) is 0 Å². The molecule has 1 aromatic carbocycles. The van der Waals surface area contributed by atoms with Crippen molar-refractivity contribution in [1.82, 2.24) is 19.8 Å². The van der Waals surface area contributed by atoms with Gasteiger partial charge in [-0.15, -0.1) is 0 Å². The minimum Gasteiger partial charge on any atom is -0.392 e. The number of hydrogen-bond acceptors (Lipinski definition) is 5. The lowest BCUT2D eigenvalue weighted by molar-refractivity contribution is 0.0289. The molecule has 6 heteroatoms. The van der Waals surface area contributed by atoms with E-state index in [9.17, 15) is 9.90 Å². The van der Waals surface area contributed by atoms with E-state index in [0.717, 1.165) is 31.0 Å². The molecule has 3 rings (SSSR count). The second kappa shape index (κ2) is 7.01. The minimum atomic E-state index is -0.310. The van der Waals surface area contributed by atoms with Crippen molar-refractivity contribution >= 4 is 10.9 Å². The Balaban J connectivity index is 1.78. The molecule has 1 aromatic heterocycles. The zero-order valence-corrected chi connectivity index (χ0v) is 14.6. The monoisotopic (exact) mass is 330 g/mol. The van der Waals surface area contributed by atoms with Crippen LogP contribution in [0, 0.1) is 0 Å². The summed E-state index contributed by atoms with van der Waals surface area (Å²) < 4.78 is 0. The number of hydrogen-bond donors (Lipinski definition) is 2. The molecule has 0 radical (unpaired) electrons. The van der Waals surface area contributed by atoms with Gasteiger partial charge in [0, 0.05) is 32.2 Å². The molecule has 1 aliphatic rings. The van der Waals surface area contributed by atoms with Gasteiger partial charge < -0.3 is 10.1 Å². The Kier molecular flexibility index (Phi) is 4.99. The Morgan fingerprint density at radius 3 is 2.79 bits per heavy atom. The Labute approximate surface area is 142 Å². The van der Waals surface area contributed by atoms with E-state index in [1.54, 1.807) is 6.07 Å². The zero-order chi connectivity index (χ0) is 17.3. The third-order valence-corrected chi connectivity index (χ3v) is 4.87. The lowest BCUT2D eigenvalue weighted by Gasteiger charge is -2.42. The van der Waals surface area contributed by atoms with Crippen molar-refractivity contribution in [2.24, 2.45) is 0 Å². The molecule has 1 aliphatic heterocycles. The highest BCUT2D eigenvalue weighted by Crippen LogP contribution is 2.21. The Morgan fingerprint density at radius 2 is 2.08 bits per heavy atom. The van der Waals surface area contributed by atoms with Crippen molar-refractivity contribution in [3.05, 3.63) is 40.4 Å². The van der Waals surface area contributed by atoms with Crippen molar-refractivity contribution in [3.8, 4) is 0 Å². The molecule has 130 valence electrons. The maximum absolute atomic E-state index is 12.3. The van der Waals surface area contributed by atoms with Gasteiger partial charge in [-0.1, -0.05) is 12.1 Å². The predicted octanol–water partition coefficient (Wildman–Crippen LogP) is 1.37. The largest absolute Gasteiger partial charge is 0.392 e. The van der Waals surface area contributed by atoms with Gasteiger partial charge in [-0.2, -0.15) is 0 Å². The van der Waals surface area contributed by atoms with Gasteiger partial charge in [-0.25, -0.2) is 4.98 Å². The SMILES string of the molecule is C[C@H](O)CN1CCN([C@@H](C)c2nc3ccccc3c(=O)[nH]2)C[C@H]1C. The van der Waals surface area contributed by atoms with Gasteiger partial charge in [0.2, 0.25) is 0 Å². The summed E-state index contributed by atoms with van der Waals surface area (Å²) in [6, 6.07) is 7.85. The number of β-amino-alcohol motifs (C(OH)–C–C–N with tert-alkyl or cyclic N) is 1. The first kappa shape index (κ1) is 17.1. The molecule has 6 nitrogen and oxygen atoms in total. The molecule has 0 amide bonds. The lowest BCUT2D eigenvalue weighted by Crippen LogP contribution is -2.54. The van der Waals surface area contributed by atoms with Crippen LogP contribution in [-0.2, 0) is 0 Å². The Hall–Kier alpha value is -1.76. The molecule has 1 fully saturated rings. The average molecular weight is 330 g/mol. The summed E-state index contributed by atoms with van der Waals surface area (Å²) >= 11 is 0. The van der Waals surface area contributed by atoms with Crippen molar-refractivity contribution < 1.29 is 5.11 Å². The molecule has 0 spiro atoms. The summed E-state index contributed by atoms with van der Waals surface area (Å²) in [5.74, 6) is 0.717. The van der Waals surface area contributed by atoms with Crippen LogP contribution in [0.1, 0.15) is 32.6 Å². The molecule has 0 saturated carbocycles. The standard InChI is InChI=1S/C18H26N4O2/c1-12-10-22(9-8-21(12)11-13(2)23)14(3)17-19-16-7-5-4-6-15(16)18(24)20-17/h4-7,12-14,23H,8-11H2,1-3H3,(H,19,20,24)/t12-,13+,14+/m1/s1. The van der Waals surface area contributed by atoms with Gasteiger partial charge in [0.05, 0.1) is 23.0 Å². The van der Waals surface area contributed by atoms with E-state index < -0.39 is 0 Å². The highest BCUT2D eigenvalue weighted by molar-refractivity contribution is 5.77. The molecule has 2 heterocycles. The number of aliphatic hydroxyl groups is 1. The topological polar surface area (TPSA) is 72.5 Å². The third-order valence-electron chi connectivity index (χ3n) is 4.87. The summed E-state index contributed by atoms with van der Waals surface area (Å²) in [5, 5.41) is 10.2. The molecular formula is C18H26N4O2. The third kappa shape index (κ3) is 3.50. The van der Waals surface area contributed by atoms with E-state index in [2.05, 4.69) is 33.6 Å². The highest BCUT2D eigenvalue weighted by Gasteiger charge is 2.28. The zero-order valence-electron chi connectivity index (χ0n) is 14.6. The number of aromatic amines is 1. The van der Waals surface area contributed by atoms with Gasteiger partial charge in [-0.05, 0) is 32.9 Å². The van der Waals surface area contributed by atoms with E-state index >= 15 is 0 Å². The van der Waals surface area contributed by atoms with E-state index in [1.807, 2.05) is 25.1 Å². The van der Waals surface area contributed by atoms with Gasteiger partial charge in [0.1, 0.15) is 5.82 Å². The smallest absolute Gasteiger partial charge is 0.258 e. The summed E-state index contributed by atoms with van der Waals surface area (Å²) in [5.41, 5.74) is 0.659. The summed E-state index contributed by atoms with van der Waals surface area (Å²) in [6.07, 6.45) is -0.310. The van der Waals surface area contributed by atoms with Crippen LogP contribution >= 0.6 is 0 Å². The van der Waals surface area contributed by atoms with Crippen LogP contribution in [-0.4, -0.2) is 63.2 Å². The fourth-order valence-electron chi connectivity index (χ4n) is 3.46. The van der Waals surface area contributed by atoms with Crippen molar-refractivity contribution in [3.63, 3.8) is 0 Å². The quantitative estimate of drug-likeness (QED) is 0.886. The van der Waals surface area contributed by atoms with Gasteiger partial charge in [0.25, 0.3) is 5.56 Å². The van der Waals surface area contributed by atoms with Gasteiger partial charge in [-0.3, -0.25) is 14.6 Å². The van der Waals surface area contributed by atoms with E-state index in [0.29, 0.717) is 18.0 Å². The summed E-state index contributed by atoms with van der Waals surface area (Å²) in [4.78, 5) is 24.5. The van der Waals surface area contributed by atoms with Crippen LogP contribution in [0.25, 0.3) is 10.9 Å². The van der Waals surface area contributed by atoms with E-state index in [4.69, 9.17) is 0 Å². The van der Waals surface area contributed by atoms with Crippen LogP contribution in [0.15, 0.2) is 29.1 Å². The van der Waals surface area contributed by atoms with Gasteiger partial charge in [0.15, 0.2) is 0 Å². The number of aliphatic hydroxyl groups excluding tert-OH is 1. The first-order valence-electron chi connectivity index (χ1n) is 8.61. The maximum atomic E-state index is 12.3. The number of para-hydroxylation sites is 1.